The summed E-state index contributed by atoms with van der Waals surface area (Å²) < 4.78 is 12.9. The van der Waals surface area contributed by atoms with Crippen LogP contribution in [-0.4, -0.2) is 46.8 Å². The Bertz CT molecular complexity index is 1400. The number of nitrogens with zero attached hydrogens (tertiary/aromatic N) is 2. The Balaban J connectivity index is 1.51. The normalized spacial score (nSPS) is 14.4. The number of carbonyl (C=O) groups excluding carboxylic acids is 3. The molecule has 1 aliphatic heterocycles. The fourth-order valence-electron chi connectivity index (χ4n) is 4.07. The van der Waals surface area contributed by atoms with Crippen molar-refractivity contribution in [1.29, 1.82) is 0 Å². The monoisotopic (exact) mass is 539 g/mol. The summed E-state index contributed by atoms with van der Waals surface area (Å²) in [6, 6.07) is 14.1. The number of hydrogen-bond acceptors (Lipinski definition) is 6. The summed E-state index contributed by atoms with van der Waals surface area (Å²) in [5.74, 6) is 0.349. The summed E-state index contributed by atoms with van der Waals surface area (Å²) >= 11 is 7.04. The Morgan fingerprint density at radius 3 is 2.51 bits per heavy atom. The first-order valence-corrected chi connectivity index (χ1v) is 12.7. The lowest BCUT2D eigenvalue weighted by Gasteiger charge is -2.14. The molecule has 1 aromatic heterocycles. The van der Waals surface area contributed by atoms with Crippen molar-refractivity contribution in [3.63, 3.8) is 0 Å². The quantitative estimate of drug-likeness (QED) is 0.362. The second kappa shape index (κ2) is 11.1. The second-order valence-corrected chi connectivity index (χ2v) is 9.68. The summed E-state index contributed by atoms with van der Waals surface area (Å²) in [5.41, 5.74) is 3.82. The van der Waals surface area contributed by atoms with Gasteiger partial charge in [0.2, 0.25) is 5.91 Å². The number of aromatic nitrogens is 1. The maximum Gasteiger partial charge on any atom is 0.294 e. The minimum atomic E-state index is -0.512. The number of nitrogens with one attached hydrogen (secondary N) is 1. The van der Waals surface area contributed by atoms with Crippen molar-refractivity contribution in [2.45, 2.75) is 20.8 Å². The Hall–Kier alpha value is -3.69. The number of anilines is 1. The average Bonchev–Trinajstić information content (AvgIpc) is 3.29. The number of aryl methyl sites for hydroxylation is 1. The number of hydrogen-bond donors (Lipinski definition) is 1. The molecular formula is C27H26ClN3O5S. The molecule has 1 saturated heterocycles. The molecule has 0 unspecified atom stereocenters. The highest BCUT2D eigenvalue weighted by Crippen LogP contribution is 2.35. The first kappa shape index (κ1) is 26.4. The standard InChI is InChI=1S/C27H26ClN3O5S/c1-5-36-21-9-7-20(8-10-21)29-25(32)15-30-26(33)24(37-27(30)34)13-18-12-16(2)31(17(18)3)22-14-19(28)6-11-23(22)35-4/h6-14H,5,15H2,1-4H3,(H,29,32)/b24-13+. The Morgan fingerprint density at radius 1 is 1.11 bits per heavy atom. The number of ether oxygens (including phenoxy) is 2. The topological polar surface area (TPSA) is 89.9 Å². The molecule has 1 aliphatic rings. The van der Waals surface area contributed by atoms with E-state index in [0.29, 0.717) is 28.8 Å². The molecule has 0 aliphatic carbocycles. The van der Waals surface area contributed by atoms with E-state index in [4.69, 9.17) is 21.1 Å². The van der Waals surface area contributed by atoms with E-state index >= 15 is 0 Å². The van der Waals surface area contributed by atoms with E-state index in [1.807, 2.05) is 31.4 Å². The third-order valence-corrected chi connectivity index (χ3v) is 6.91. The van der Waals surface area contributed by atoms with Gasteiger partial charge < -0.3 is 19.4 Å². The Morgan fingerprint density at radius 2 is 1.84 bits per heavy atom. The van der Waals surface area contributed by atoms with Crippen molar-refractivity contribution < 1.29 is 23.9 Å². The number of thioether (sulfide) groups is 1. The summed E-state index contributed by atoms with van der Waals surface area (Å²) in [4.78, 5) is 39.3. The first-order valence-electron chi connectivity index (χ1n) is 11.5. The zero-order valence-electron chi connectivity index (χ0n) is 20.8. The van der Waals surface area contributed by atoms with Crippen molar-refractivity contribution >= 4 is 52.2 Å². The van der Waals surface area contributed by atoms with Crippen LogP contribution in [0.25, 0.3) is 11.8 Å². The van der Waals surface area contributed by atoms with Crippen molar-refractivity contribution in [2.75, 3.05) is 25.6 Å². The third-order valence-electron chi connectivity index (χ3n) is 5.76. The number of amides is 3. The van der Waals surface area contributed by atoms with E-state index in [1.54, 1.807) is 55.7 Å². The lowest BCUT2D eigenvalue weighted by atomic mass is 10.2. The van der Waals surface area contributed by atoms with E-state index in [2.05, 4.69) is 5.32 Å². The maximum absolute atomic E-state index is 13.0. The van der Waals surface area contributed by atoms with Crippen LogP contribution in [0.15, 0.2) is 53.4 Å². The van der Waals surface area contributed by atoms with Crippen LogP contribution in [0, 0.1) is 13.8 Å². The van der Waals surface area contributed by atoms with Gasteiger partial charge in [-0.05, 0) is 92.7 Å². The molecule has 0 saturated carbocycles. The number of halogens is 1. The largest absolute Gasteiger partial charge is 0.495 e. The lowest BCUT2D eigenvalue weighted by molar-refractivity contribution is -0.127. The molecule has 0 radical (unpaired) electrons. The molecule has 8 nitrogen and oxygen atoms in total. The molecule has 192 valence electrons. The fourth-order valence-corrected chi connectivity index (χ4v) is 5.06. The first-order chi connectivity index (χ1) is 17.7. The average molecular weight is 540 g/mol. The molecule has 1 N–H and O–H groups in total. The van der Waals surface area contributed by atoms with Gasteiger partial charge in [0.05, 0.1) is 24.3 Å². The Kier molecular flexibility index (Phi) is 7.94. The number of rotatable bonds is 8. The molecule has 2 aromatic carbocycles. The van der Waals surface area contributed by atoms with E-state index in [1.165, 1.54) is 0 Å². The van der Waals surface area contributed by atoms with Crippen LogP contribution in [0.1, 0.15) is 23.9 Å². The molecule has 3 amide bonds. The summed E-state index contributed by atoms with van der Waals surface area (Å²) in [6.45, 7) is 5.88. The molecule has 37 heavy (non-hydrogen) atoms. The van der Waals surface area contributed by atoms with Crippen LogP contribution in [-0.2, 0) is 9.59 Å². The second-order valence-electron chi connectivity index (χ2n) is 8.25. The number of methoxy groups -OCH3 is 1. The molecule has 1 fully saturated rings. The van der Waals surface area contributed by atoms with Gasteiger partial charge in [0, 0.05) is 22.1 Å². The Labute approximate surface area is 224 Å². The van der Waals surface area contributed by atoms with Crippen LogP contribution < -0.4 is 14.8 Å². The minimum absolute atomic E-state index is 0.247. The predicted molar refractivity (Wildman–Crippen MR) is 146 cm³/mol. The number of carbonyl (C=O) groups is 3. The van der Waals surface area contributed by atoms with Crippen LogP contribution in [0.2, 0.25) is 5.02 Å². The van der Waals surface area contributed by atoms with Crippen LogP contribution in [0.4, 0.5) is 10.5 Å². The molecule has 10 heteroatoms. The summed E-state index contributed by atoms with van der Waals surface area (Å²) in [7, 11) is 1.59. The lowest BCUT2D eigenvalue weighted by Crippen LogP contribution is -2.36. The number of imide groups is 1. The number of benzene rings is 2. The van der Waals surface area contributed by atoms with Crippen molar-refractivity contribution in [1.82, 2.24) is 9.47 Å². The third kappa shape index (κ3) is 5.68. The van der Waals surface area contributed by atoms with Crippen molar-refractivity contribution in [3.8, 4) is 17.2 Å². The highest BCUT2D eigenvalue weighted by atomic mass is 35.5. The van der Waals surface area contributed by atoms with E-state index < -0.39 is 17.1 Å². The molecular weight excluding hydrogens is 514 g/mol. The van der Waals surface area contributed by atoms with Gasteiger partial charge in [-0.25, -0.2) is 0 Å². The predicted octanol–water partition coefficient (Wildman–Crippen LogP) is 5.83. The van der Waals surface area contributed by atoms with Crippen molar-refractivity contribution in [3.05, 3.63) is 75.4 Å². The molecule has 0 spiro atoms. The van der Waals surface area contributed by atoms with Gasteiger partial charge in [0.25, 0.3) is 11.1 Å². The minimum Gasteiger partial charge on any atom is -0.495 e. The van der Waals surface area contributed by atoms with Gasteiger partial charge >= 0.3 is 0 Å². The molecule has 3 aromatic rings. The zero-order valence-corrected chi connectivity index (χ0v) is 22.4. The van der Waals surface area contributed by atoms with E-state index in [0.717, 1.165) is 39.3 Å². The molecule has 2 heterocycles. The van der Waals surface area contributed by atoms with Gasteiger partial charge in [-0.2, -0.15) is 0 Å². The highest BCUT2D eigenvalue weighted by Gasteiger charge is 2.36. The summed E-state index contributed by atoms with van der Waals surface area (Å²) in [5, 5.41) is 2.77. The molecule has 0 bridgehead atoms. The fraction of sp³-hybridized carbons (Fsp3) is 0.222. The summed E-state index contributed by atoms with van der Waals surface area (Å²) in [6.07, 6.45) is 1.67. The maximum atomic E-state index is 13.0. The van der Waals surface area contributed by atoms with Crippen LogP contribution in [0.5, 0.6) is 11.5 Å². The molecule has 0 atom stereocenters. The van der Waals surface area contributed by atoms with Gasteiger partial charge in [0.15, 0.2) is 0 Å². The van der Waals surface area contributed by atoms with Crippen LogP contribution >= 0.6 is 23.4 Å². The van der Waals surface area contributed by atoms with Crippen LogP contribution in [0.3, 0.4) is 0 Å². The molecule has 4 rings (SSSR count). The van der Waals surface area contributed by atoms with E-state index in [9.17, 15) is 14.4 Å². The van der Waals surface area contributed by atoms with Gasteiger partial charge in [0.1, 0.15) is 18.0 Å². The SMILES string of the molecule is CCOc1ccc(NC(=O)CN2C(=O)S/C(=C/c3cc(C)n(-c4cc(Cl)ccc4OC)c3C)C2=O)cc1. The van der Waals surface area contributed by atoms with Gasteiger partial charge in [-0.3, -0.25) is 19.3 Å². The van der Waals surface area contributed by atoms with Gasteiger partial charge in [-0.1, -0.05) is 11.6 Å². The van der Waals surface area contributed by atoms with Gasteiger partial charge in [-0.15, -0.1) is 0 Å². The van der Waals surface area contributed by atoms with E-state index in [-0.39, 0.29) is 11.4 Å². The van der Waals surface area contributed by atoms with Crippen molar-refractivity contribution in [2.24, 2.45) is 0 Å². The zero-order chi connectivity index (χ0) is 26.7. The smallest absolute Gasteiger partial charge is 0.294 e. The highest BCUT2D eigenvalue weighted by molar-refractivity contribution is 8.18.